The summed E-state index contributed by atoms with van der Waals surface area (Å²) >= 11 is 0. The molecule has 0 atom stereocenters. The van der Waals surface area contributed by atoms with Crippen LogP contribution in [0.5, 0.6) is 0 Å². The highest BCUT2D eigenvalue weighted by Gasteiger charge is 2.24. The molecule has 1 saturated heterocycles. The third-order valence-corrected chi connectivity index (χ3v) is 6.14. The molecule has 1 fully saturated rings. The van der Waals surface area contributed by atoms with Crippen LogP contribution in [0.2, 0.25) is 0 Å². The zero-order valence-electron chi connectivity index (χ0n) is 18.8. The molecule has 0 saturated carbocycles. The first-order valence-electron chi connectivity index (χ1n) is 10.9. The van der Waals surface area contributed by atoms with E-state index in [4.69, 9.17) is 0 Å². The monoisotopic (exact) mass is 432 g/mol. The first-order valence-corrected chi connectivity index (χ1v) is 10.9. The molecule has 8 heteroatoms. The van der Waals surface area contributed by atoms with Gasteiger partial charge in [-0.05, 0) is 44.9 Å². The Labute approximate surface area is 188 Å². The van der Waals surface area contributed by atoms with Gasteiger partial charge in [0.1, 0.15) is 0 Å². The molecule has 0 N–H and O–H groups in total. The molecule has 0 bridgehead atoms. The standard InChI is InChI=1S/C24H28N6O2/c1-16-17(2)25-24(26-23(16)32)30-19(4)21(18(3)27-30)10-11-22(31)29-14-12-28(13-15-29)20-8-6-5-7-9-20/h5-9H,1,10-15H2,2-4H3. The maximum Gasteiger partial charge on any atom is 0.281 e. The van der Waals surface area contributed by atoms with Crippen molar-refractivity contribution in [2.45, 2.75) is 33.6 Å². The lowest BCUT2D eigenvalue weighted by atomic mass is 10.1. The Kier molecular flexibility index (Phi) is 6.03. The number of benzene rings is 1. The summed E-state index contributed by atoms with van der Waals surface area (Å²) in [5.41, 5.74) is 4.70. The average Bonchev–Trinajstić information content (AvgIpc) is 3.09. The number of para-hydroxylation sites is 1. The summed E-state index contributed by atoms with van der Waals surface area (Å²) in [5.74, 6) is 0.00106. The van der Waals surface area contributed by atoms with Crippen LogP contribution in [0.25, 0.3) is 0 Å². The number of carbonyl (C=O) groups is 2. The highest BCUT2D eigenvalue weighted by atomic mass is 16.2. The Hall–Kier alpha value is -3.55. The van der Waals surface area contributed by atoms with Crippen molar-refractivity contribution < 1.29 is 9.59 Å². The van der Waals surface area contributed by atoms with E-state index < -0.39 is 5.91 Å². The van der Waals surface area contributed by atoms with E-state index in [-0.39, 0.29) is 11.9 Å². The number of carbonyl (C=O) groups excluding carboxylic acids is 2. The van der Waals surface area contributed by atoms with Crippen LogP contribution < -0.4 is 4.90 Å². The summed E-state index contributed by atoms with van der Waals surface area (Å²) < 4.78 is 1.58. The van der Waals surface area contributed by atoms with Gasteiger partial charge in [0.25, 0.3) is 11.9 Å². The lowest BCUT2D eigenvalue weighted by Crippen LogP contribution is -2.48. The largest absolute Gasteiger partial charge is 0.368 e. The quantitative estimate of drug-likeness (QED) is 0.695. The predicted molar refractivity (Wildman–Crippen MR) is 125 cm³/mol. The smallest absolute Gasteiger partial charge is 0.281 e. The molecule has 1 aromatic heterocycles. The van der Waals surface area contributed by atoms with E-state index in [1.165, 1.54) is 5.69 Å². The van der Waals surface area contributed by atoms with Crippen LogP contribution in [0.4, 0.5) is 5.69 Å². The minimum Gasteiger partial charge on any atom is -0.368 e. The number of aliphatic imine (C=N–C) groups is 2. The number of aryl methyl sites for hydroxylation is 1. The molecule has 0 spiro atoms. The second-order valence-corrected chi connectivity index (χ2v) is 8.16. The molecular weight excluding hydrogens is 404 g/mol. The van der Waals surface area contributed by atoms with Crippen molar-refractivity contribution in [1.29, 1.82) is 0 Å². The molecule has 166 valence electrons. The molecule has 0 radical (unpaired) electrons. The average molecular weight is 433 g/mol. The summed E-state index contributed by atoms with van der Waals surface area (Å²) in [6.45, 7) is 12.4. The van der Waals surface area contributed by atoms with Gasteiger partial charge in [-0.1, -0.05) is 24.8 Å². The Morgan fingerprint density at radius 2 is 1.72 bits per heavy atom. The van der Waals surface area contributed by atoms with Gasteiger partial charge >= 0.3 is 0 Å². The topological polar surface area (TPSA) is 83.2 Å². The third-order valence-electron chi connectivity index (χ3n) is 6.14. The number of nitrogens with zero attached hydrogens (tertiary/aromatic N) is 6. The van der Waals surface area contributed by atoms with Crippen LogP contribution in [0.1, 0.15) is 30.3 Å². The van der Waals surface area contributed by atoms with Gasteiger partial charge in [0.05, 0.1) is 17.0 Å². The van der Waals surface area contributed by atoms with Gasteiger partial charge in [-0.3, -0.25) is 9.59 Å². The van der Waals surface area contributed by atoms with Crippen LogP contribution in [-0.4, -0.2) is 64.3 Å². The summed E-state index contributed by atoms with van der Waals surface area (Å²) in [5, 5.41) is 4.53. The second-order valence-electron chi connectivity index (χ2n) is 8.16. The minimum atomic E-state index is -0.397. The van der Waals surface area contributed by atoms with Crippen molar-refractivity contribution in [3.63, 3.8) is 0 Å². The first kappa shape index (κ1) is 21.7. The highest BCUT2D eigenvalue weighted by Crippen LogP contribution is 2.19. The SMILES string of the molecule is C=C1C(=O)N=C(n2nc(C)c(CCC(=O)N3CCN(c4ccccc4)CC3)c2C)N=C1C. The Morgan fingerprint density at radius 1 is 1.03 bits per heavy atom. The fraction of sp³-hybridized carbons (Fsp3) is 0.375. The van der Waals surface area contributed by atoms with E-state index in [1.54, 1.807) is 11.6 Å². The van der Waals surface area contributed by atoms with Crippen LogP contribution in [-0.2, 0) is 16.0 Å². The maximum absolute atomic E-state index is 12.8. The lowest BCUT2D eigenvalue weighted by molar-refractivity contribution is -0.131. The minimum absolute atomic E-state index is 0.152. The van der Waals surface area contributed by atoms with Crippen molar-refractivity contribution in [2.75, 3.05) is 31.1 Å². The van der Waals surface area contributed by atoms with E-state index >= 15 is 0 Å². The molecule has 2 aliphatic heterocycles. The van der Waals surface area contributed by atoms with Crippen LogP contribution in [0.3, 0.4) is 0 Å². The number of rotatable bonds is 4. The van der Waals surface area contributed by atoms with Gasteiger partial charge in [-0.2, -0.15) is 10.1 Å². The zero-order chi connectivity index (χ0) is 22.8. The van der Waals surface area contributed by atoms with Gasteiger partial charge < -0.3 is 9.80 Å². The van der Waals surface area contributed by atoms with Crippen LogP contribution in [0.15, 0.2) is 52.5 Å². The van der Waals surface area contributed by atoms with Crippen molar-refractivity contribution in [3.8, 4) is 0 Å². The molecule has 32 heavy (non-hydrogen) atoms. The number of amides is 2. The Morgan fingerprint density at radius 3 is 2.38 bits per heavy atom. The van der Waals surface area contributed by atoms with E-state index in [2.05, 4.69) is 38.7 Å². The molecule has 1 aromatic carbocycles. The normalized spacial score (nSPS) is 16.8. The maximum atomic E-state index is 12.8. The van der Waals surface area contributed by atoms with Crippen molar-refractivity contribution in [2.24, 2.45) is 9.98 Å². The summed E-state index contributed by atoms with van der Waals surface area (Å²) in [4.78, 5) is 37.5. The van der Waals surface area contributed by atoms with Crippen molar-refractivity contribution >= 4 is 29.2 Å². The number of hydrogen-bond donors (Lipinski definition) is 0. The fourth-order valence-electron chi connectivity index (χ4n) is 4.12. The Balaban J connectivity index is 1.38. The summed E-state index contributed by atoms with van der Waals surface area (Å²) in [6, 6.07) is 10.3. The molecule has 0 unspecified atom stereocenters. The number of aromatic nitrogens is 2. The van der Waals surface area contributed by atoms with Gasteiger partial charge in [0, 0.05) is 44.0 Å². The van der Waals surface area contributed by atoms with E-state index in [0.717, 1.165) is 43.1 Å². The molecule has 4 rings (SSSR count). The number of anilines is 1. The van der Waals surface area contributed by atoms with E-state index in [1.807, 2.05) is 36.9 Å². The van der Waals surface area contributed by atoms with Gasteiger partial charge in [0.2, 0.25) is 5.91 Å². The second kappa shape index (κ2) is 8.90. The van der Waals surface area contributed by atoms with E-state index in [9.17, 15) is 9.59 Å². The van der Waals surface area contributed by atoms with Crippen LogP contribution in [0, 0.1) is 13.8 Å². The van der Waals surface area contributed by atoms with Gasteiger partial charge in [-0.25, -0.2) is 9.67 Å². The Bertz CT molecular complexity index is 1120. The third kappa shape index (κ3) is 4.26. The van der Waals surface area contributed by atoms with E-state index in [0.29, 0.717) is 24.1 Å². The van der Waals surface area contributed by atoms with Gasteiger partial charge in [0.15, 0.2) is 0 Å². The molecular formula is C24H28N6O2. The molecule has 2 amide bonds. The summed E-state index contributed by atoms with van der Waals surface area (Å²) in [6.07, 6.45) is 1.01. The van der Waals surface area contributed by atoms with Crippen LogP contribution >= 0.6 is 0 Å². The number of piperazine rings is 1. The lowest BCUT2D eigenvalue weighted by Gasteiger charge is -2.36. The molecule has 2 aliphatic rings. The number of hydrogen-bond acceptors (Lipinski definition) is 5. The molecule has 2 aromatic rings. The summed E-state index contributed by atoms with van der Waals surface area (Å²) in [7, 11) is 0. The first-order chi connectivity index (χ1) is 15.3. The molecule has 8 nitrogen and oxygen atoms in total. The highest BCUT2D eigenvalue weighted by molar-refractivity contribution is 6.27. The fourth-order valence-corrected chi connectivity index (χ4v) is 4.12. The van der Waals surface area contributed by atoms with Crippen molar-refractivity contribution in [3.05, 3.63) is 59.4 Å². The zero-order valence-corrected chi connectivity index (χ0v) is 18.8. The molecule has 3 heterocycles. The predicted octanol–water partition coefficient (Wildman–Crippen LogP) is 2.54. The van der Waals surface area contributed by atoms with Gasteiger partial charge in [-0.15, -0.1) is 0 Å². The van der Waals surface area contributed by atoms with Crippen molar-refractivity contribution in [1.82, 2.24) is 14.7 Å². The molecule has 0 aliphatic carbocycles.